The maximum absolute atomic E-state index is 12.9. The molecule has 1 aliphatic rings. The molecule has 8 nitrogen and oxygen atoms in total. The lowest BCUT2D eigenvalue weighted by Gasteiger charge is -2.37. The van der Waals surface area contributed by atoms with Gasteiger partial charge in [-0.1, -0.05) is 0 Å². The number of benzene rings is 1. The van der Waals surface area contributed by atoms with Crippen molar-refractivity contribution in [1.29, 1.82) is 0 Å². The number of likely N-dealkylation sites (tertiary alicyclic amines) is 1. The molecule has 1 unspecified atom stereocenters. The van der Waals surface area contributed by atoms with Crippen LogP contribution in [0.15, 0.2) is 24.3 Å². The fourth-order valence-electron chi connectivity index (χ4n) is 4.04. The Morgan fingerprint density at radius 1 is 1.21 bits per heavy atom. The van der Waals surface area contributed by atoms with E-state index in [1.807, 2.05) is 34.6 Å². The van der Waals surface area contributed by atoms with Crippen molar-refractivity contribution in [1.82, 2.24) is 30.0 Å². The van der Waals surface area contributed by atoms with E-state index in [4.69, 9.17) is 4.74 Å². The van der Waals surface area contributed by atoms with Crippen molar-refractivity contribution in [2.45, 2.75) is 71.8 Å². The van der Waals surface area contributed by atoms with Crippen LogP contribution in [0.2, 0.25) is 0 Å². The van der Waals surface area contributed by atoms with Gasteiger partial charge in [0.25, 0.3) is 0 Å². The van der Waals surface area contributed by atoms with Crippen molar-refractivity contribution in [3.8, 4) is 5.69 Å². The first-order chi connectivity index (χ1) is 15.8. The predicted octanol–water partition coefficient (Wildman–Crippen LogP) is 4.54. The van der Waals surface area contributed by atoms with E-state index in [2.05, 4.69) is 20.4 Å². The third-order valence-electron chi connectivity index (χ3n) is 5.65. The largest absolute Gasteiger partial charge is 0.444 e. The summed E-state index contributed by atoms with van der Waals surface area (Å²) in [7, 11) is 0. The van der Waals surface area contributed by atoms with E-state index in [1.54, 1.807) is 4.90 Å². The summed E-state index contributed by atoms with van der Waals surface area (Å²) < 4.78 is 45.7. The average molecular weight is 483 g/mol. The molecule has 0 N–H and O–H groups in total. The number of tetrazole rings is 1. The molecule has 34 heavy (non-hydrogen) atoms. The molecule has 2 aromatic rings. The molecule has 0 bridgehead atoms. The van der Waals surface area contributed by atoms with Crippen molar-refractivity contribution in [3.63, 3.8) is 0 Å². The zero-order valence-electron chi connectivity index (χ0n) is 20.3. The zero-order chi connectivity index (χ0) is 25.1. The van der Waals surface area contributed by atoms with Gasteiger partial charge in [0.1, 0.15) is 5.60 Å². The molecule has 1 saturated heterocycles. The minimum atomic E-state index is -4.39. The van der Waals surface area contributed by atoms with Crippen LogP contribution in [0.5, 0.6) is 0 Å². The fraction of sp³-hybridized carbons (Fsp3) is 0.652. The van der Waals surface area contributed by atoms with Gasteiger partial charge in [0.2, 0.25) is 0 Å². The second-order valence-corrected chi connectivity index (χ2v) is 10.0. The van der Waals surface area contributed by atoms with Crippen LogP contribution in [0.1, 0.15) is 58.8 Å². The molecule has 0 spiro atoms. The molecule has 1 atom stereocenters. The van der Waals surface area contributed by atoms with E-state index < -0.39 is 17.3 Å². The molecule has 0 aliphatic carbocycles. The van der Waals surface area contributed by atoms with Gasteiger partial charge in [-0.25, -0.2) is 4.79 Å². The number of alkyl halides is 3. The summed E-state index contributed by atoms with van der Waals surface area (Å²) in [6.07, 6.45) is -2.75. The molecule has 11 heteroatoms. The number of halogens is 3. The van der Waals surface area contributed by atoms with Gasteiger partial charge in [-0.3, -0.25) is 4.90 Å². The molecular weight excluding hydrogens is 449 g/mol. The van der Waals surface area contributed by atoms with Gasteiger partial charge in [-0.05, 0) is 94.6 Å². The highest BCUT2D eigenvalue weighted by Crippen LogP contribution is 2.29. The van der Waals surface area contributed by atoms with Crippen LogP contribution in [0, 0.1) is 5.92 Å². The molecule has 1 aliphatic heterocycles. The number of nitrogens with zero attached hydrogens (tertiary/aromatic N) is 6. The lowest BCUT2D eigenvalue weighted by atomic mass is 9.97. The minimum Gasteiger partial charge on any atom is -0.444 e. The molecule has 2 heterocycles. The summed E-state index contributed by atoms with van der Waals surface area (Å²) in [5, 5.41) is 11.8. The van der Waals surface area contributed by atoms with Crippen molar-refractivity contribution < 1.29 is 22.7 Å². The lowest BCUT2D eigenvalue weighted by Crippen LogP contribution is -2.47. The van der Waals surface area contributed by atoms with Crippen LogP contribution in [-0.2, 0) is 17.5 Å². The Labute approximate surface area is 198 Å². The van der Waals surface area contributed by atoms with Gasteiger partial charge in [0, 0.05) is 19.1 Å². The number of hydrogen-bond acceptors (Lipinski definition) is 6. The summed E-state index contributed by atoms with van der Waals surface area (Å²) >= 11 is 0. The van der Waals surface area contributed by atoms with E-state index in [9.17, 15) is 18.0 Å². The average Bonchev–Trinajstić information content (AvgIpc) is 3.18. The predicted molar refractivity (Wildman–Crippen MR) is 120 cm³/mol. The first kappa shape index (κ1) is 25.9. The Morgan fingerprint density at radius 2 is 1.88 bits per heavy atom. The van der Waals surface area contributed by atoms with Crippen LogP contribution in [0.3, 0.4) is 0 Å². The van der Waals surface area contributed by atoms with Crippen LogP contribution < -0.4 is 0 Å². The molecular formula is C23H33F3N6O2. The number of hydrogen-bond donors (Lipinski definition) is 0. The molecule has 1 aromatic carbocycles. The summed E-state index contributed by atoms with van der Waals surface area (Å²) in [5.41, 5.74) is -0.806. The molecule has 1 fully saturated rings. The number of ether oxygens (including phenoxy) is 1. The van der Waals surface area contributed by atoms with Gasteiger partial charge >= 0.3 is 12.3 Å². The summed E-state index contributed by atoms with van der Waals surface area (Å²) in [6, 6.07) is 4.78. The fourth-order valence-corrected chi connectivity index (χ4v) is 4.04. The molecule has 0 saturated carbocycles. The third kappa shape index (κ3) is 6.91. The third-order valence-corrected chi connectivity index (χ3v) is 5.65. The lowest BCUT2D eigenvalue weighted by molar-refractivity contribution is -0.137. The molecule has 1 amide bonds. The van der Waals surface area contributed by atoms with Gasteiger partial charge in [-0.15, -0.1) is 5.10 Å². The summed E-state index contributed by atoms with van der Waals surface area (Å²) in [5.74, 6) is 0.812. The van der Waals surface area contributed by atoms with Gasteiger partial charge in [0.15, 0.2) is 5.82 Å². The Bertz CT molecular complexity index is 953. The Hall–Kier alpha value is -2.69. The van der Waals surface area contributed by atoms with E-state index in [1.165, 1.54) is 16.8 Å². The van der Waals surface area contributed by atoms with E-state index in [0.29, 0.717) is 24.6 Å². The highest BCUT2D eigenvalue weighted by Gasteiger charge is 2.31. The maximum atomic E-state index is 12.9. The summed E-state index contributed by atoms with van der Waals surface area (Å²) in [4.78, 5) is 16.7. The number of amides is 1. The maximum Gasteiger partial charge on any atom is 0.416 e. The van der Waals surface area contributed by atoms with Crippen LogP contribution in [0.4, 0.5) is 18.0 Å². The van der Waals surface area contributed by atoms with Crippen molar-refractivity contribution in [2.24, 2.45) is 5.92 Å². The Kier molecular flexibility index (Phi) is 7.84. The minimum absolute atomic E-state index is 0.0113. The first-order valence-corrected chi connectivity index (χ1v) is 11.5. The molecule has 3 rings (SSSR count). The van der Waals surface area contributed by atoms with Gasteiger partial charge in [-0.2, -0.15) is 17.9 Å². The van der Waals surface area contributed by atoms with Crippen LogP contribution in [-0.4, -0.2) is 67.4 Å². The van der Waals surface area contributed by atoms with Crippen molar-refractivity contribution >= 4 is 6.09 Å². The van der Waals surface area contributed by atoms with E-state index in [-0.39, 0.29) is 18.1 Å². The SMILES string of the molecule is CC(C)N(CC1CCCN(Cc2nnnn2-c2ccc(C(F)(F)F)cc2)C1)C(=O)OC(C)(C)C. The van der Waals surface area contributed by atoms with Crippen molar-refractivity contribution in [2.75, 3.05) is 19.6 Å². The molecule has 1 aromatic heterocycles. The molecule has 188 valence electrons. The number of rotatable bonds is 6. The Morgan fingerprint density at radius 3 is 2.47 bits per heavy atom. The monoisotopic (exact) mass is 482 g/mol. The highest BCUT2D eigenvalue weighted by molar-refractivity contribution is 5.68. The van der Waals surface area contributed by atoms with E-state index in [0.717, 1.165) is 38.1 Å². The topological polar surface area (TPSA) is 76.4 Å². The van der Waals surface area contributed by atoms with Gasteiger partial charge in [0.05, 0.1) is 17.8 Å². The molecule has 0 radical (unpaired) electrons. The normalized spacial score (nSPS) is 17.7. The van der Waals surface area contributed by atoms with Gasteiger partial charge < -0.3 is 9.64 Å². The van der Waals surface area contributed by atoms with E-state index >= 15 is 0 Å². The number of carbonyl (C=O) groups excluding carboxylic acids is 1. The van der Waals surface area contributed by atoms with Crippen LogP contribution >= 0.6 is 0 Å². The number of carbonyl (C=O) groups is 1. The van der Waals surface area contributed by atoms with Crippen molar-refractivity contribution in [3.05, 3.63) is 35.7 Å². The summed E-state index contributed by atoms with van der Waals surface area (Å²) in [6.45, 7) is 12.2. The smallest absolute Gasteiger partial charge is 0.416 e. The standard InChI is InChI=1S/C23H33F3N6O2/c1-16(2)31(21(33)34-22(3,4)5)14-17-7-6-12-30(13-17)15-20-27-28-29-32(20)19-10-8-18(9-11-19)23(24,25)26/h8-11,16-17H,6-7,12-15H2,1-5H3. The number of aromatic nitrogens is 4. The van der Waals surface area contributed by atoms with Crippen LogP contribution in [0.25, 0.3) is 5.69 Å². The highest BCUT2D eigenvalue weighted by atomic mass is 19.4. The quantitative estimate of drug-likeness (QED) is 0.602. The second kappa shape index (κ2) is 10.3. The second-order valence-electron chi connectivity index (χ2n) is 10.0. The number of piperidine rings is 1. The Balaban J connectivity index is 1.66. The first-order valence-electron chi connectivity index (χ1n) is 11.5. The zero-order valence-corrected chi connectivity index (χ0v) is 20.3.